The van der Waals surface area contributed by atoms with Crippen LogP contribution < -0.4 is 4.74 Å². The molecule has 0 N–H and O–H groups in total. The first-order chi connectivity index (χ1) is 15.9. The Kier molecular flexibility index (Phi) is 9.73. The van der Waals surface area contributed by atoms with Crippen LogP contribution >= 0.6 is 0 Å². The average molecular weight is 456 g/mol. The smallest absolute Gasteiger partial charge is 0.307 e. The van der Waals surface area contributed by atoms with E-state index in [0.29, 0.717) is 39.4 Å². The number of hydrogen-bond acceptors (Lipinski definition) is 6. The second kappa shape index (κ2) is 12.7. The van der Waals surface area contributed by atoms with Crippen LogP contribution in [0.3, 0.4) is 0 Å². The summed E-state index contributed by atoms with van der Waals surface area (Å²) in [4.78, 5) is 14.3. The van der Waals surface area contributed by atoms with Gasteiger partial charge < -0.3 is 18.9 Å². The van der Waals surface area contributed by atoms with Gasteiger partial charge in [-0.05, 0) is 44.0 Å². The van der Waals surface area contributed by atoms with Crippen molar-refractivity contribution in [1.82, 2.24) is 4.90 Å². The van der Waals surface area contributed by atoms with Crippen molar-refractivity contribution in [3.05, 3.63) is 65.7 Å². The molecular formula is C27H37NO5. The van der Waals surface area contributed by atoms with Gasteiger partial charge in [-0.2, -0.15) is 0 Å². The van der Waals surface area contributed by atoms with Crippen LogP contribution in [-0.2, 0) is 25.6 Å². The third-order valence-corrected chi connectivity index (χ3v) is 5.27. The van der Waals surface area contributed by atoms with E-state index in [9.17, 15) is 4.79 Å². The summed E-state index contributed by atoms with van der Waals surface area (Å²) in [7, 11) is 0. The molecule has 0 saturated carbocycles. The Morgan fingerprint density at radius 1 is 1.06 bits per heavy atom. The van der Waals surface area contributed by atoms with Crippen molar-refractivity contribution in [2.75, 3.05) is 39.5 Å². The summed E-state index contributed by atoms with van der Waals surface area (Å²) in [6.45, 7) is 10.5. The van der Waals surface area contributed by atoms with Crippen LogP contribution in [-0.4, -0.2) is 55.9 Å². The summed E-state index contributed by atoms with van der Waals surface area (Å²) in [5.41, 5.74) is 1.86. The van der Waals surface area contributed by atoms with Crippen LogP contribution in [0.4, 0.5) is 0 Å². The highest BCUT2D eigenvalue weighted by Crippen LogP contribution is 2.24. The van der Waals surface area contributed by atoms with E-state index in [1.807, 2.05) is 51.1 Å². The van der Waals surface area contributed by atoms with Crippen molar-refractivity contribution in [2.45, 2.75) is 51.9 Å². The van der Waals surface area contributed by atoms with Crippen LogP contribution in [0.1, 0.15) is 50.8 Å². The summed E-state index contributed by atoms with van der Waals surface area (Å²) in [5, 5.41) is 0. The SMILES string of the molecule is CC(C)(C)OC(=O)CCN1CCOC(c2ccc(OCCCOCc3ccccc3)cc2)C1. The molecule has 2 aromatic rings. The third-order valence-electron chi connectivity index (χ3n) is 5.27. The van der Waals surface area contributed by atoms with E-state index in [-0.39, 0.29) is 12.1 Å². The Morgan fingerprint density at radius 3 is 2.55 bits per heavy atom. The topological polar surface area (TPSA) is 57.2 Å². The molecule has 0 amide bonds. The number of morpholine rings is 1. The van der Waals surface area contributed by atoms with Gasteiger partial charge in [-0.3, -0.25) is 9.69 Å². The minimum Gasteiger partial charge on any atom is -0.494 e. The highest BCUT2D eigenvalue weighted by atomic mass is 16.6. The first kappa shape index (κ1) is 25.2. The number of hydrogen-bond donors (Lipinski definition) is 0. The Hall–Kier alpha value is -2.41. The third kappa shape index (κ3) is 9.54. The lowest BCUT2D eigenvalue weighted by atomic mass is 10.1. The summed E-state index contributed by atoms with van der Waals surface area (Å²) in [6, 6.07) is 18.3. The van der Waals surface area contributed by atoms with Gasteiger partial charge in [0.15, 0.2) is 0 Å². The molecular weight excluding hydrogens is 418 g/mol. The van der Waals surface area contributed by atoms with Gasteiger partial charge in [0.1, 0.15) is 11.4 Å². The predicted molar refractivity (Wildman–Crippen MR) is 128 cm³/mol. The van der Waals surface area contributed by atoms with E-state index in [0.717, 1.165) is 30.8 Å². The summed E-state index contributed by atoms with van der Waals surface area (Å²) in [5.74, 6) is 0.692. The molecule has 3 rings (SSSR count). The van der Waals surface area contributed by atoms with Crippen LogP contribution in [0.2, 0.25) is 0 Å². The number of esters is 1. The maximum absolute atomic E-state index is 12.0. The number of rotatable bonds is 11. The van der Waals surface area contributed by atoms with Crippen molar-refractivity contribution in [1.29, 1.82) is 0 Å². The molecule has 33 heavy (non-hydrogen) atoms. The maximum atomic E-state index is 12.0. The highest BCUT2D eigenvalue weighted by molar-refractivity contribution is 5.70. The fraction of sp³-hybridized carbons (Fsp3) is 0.519. The Morgan fingerprint density at radius 2 is 1.82 bits per heavy atom. The lowest BCUT2D eigenvalue weighted by molar-refractivity contribution is -0.155. The molecule has 0 radical (unpaired) electrons. The van der Waals surface area contributed by atoms with E-state index in [4.69, 9.17) is 18.9 Å². The van der Waals surface area contributed by atoms with Crippen molar-refractivity contribution < 1.29 is 23.7 Å². The minimum atomic E-state index is -0.441. The molecule has 1 unspecified atom stereocenters. The maximum Gasteiger partial charge on any atom is 0.307 e. The fourth-order valence-electron chi connectivity index (χ4n) is 3.64. The van der Waals surface area contributed by atoms with Gasteiger partial charge in [0.2, 0.25) is 0 Å². The minimum absolute atomic E-state index is 0.00202. The molecule has 0 spiro atoms. The average Bonchev–Trinajstić information content (AvgIpc) is 2.80. The molecule has 1 heterocycles. The molecule has 2 aromatic carbocycles. The van der Waals surface area contributed by atoms with Gasteiger partial charge in [0, 0.05) is 26.1 Å². The Labute approximate surface area is 197 Å². The van der Waals surface area contributed by atoms with Gasteiger partial charge in [-0.15, -0.1) is 0 Å². The zero-order valence-corrected chi connectivity index (χ0v) is 20.1. The summed E-state index contributed by atoms with van der Waals surface area (Å²) < 4.78 is 22.9. The van der Waals surface area contributed by atoms with E-state index in [1.165, 1.54) is 5.56 Å². The Bertz CT molecular complexity index is 832. The van der Waals surface area contributed by atoms with Crippen LogP contribution in [0, 0.1) is 0 Å². The molecule has 180 valence electrons. The number of carbonyl (C=O) groups excluding carboxylic acids is 1. The molecule has 1 aliphatic rings. The zero-order valence-electron chi connectivity index (χ0n) is 20.1. The normalized spacial score (nSPS) is 17.0. The molecule has 1 saturated heterocycles. The standard InChI is InChI=1S/C27H37NO5/c1-27(2,3)33-26(29)14-15-28-16-19-32-25(20-28)23-10-12-24(13-11-23)31-18-7-17-30-21-22-8-5-4-6-9-22/h4-6,8-13,25H,7,14-21H2,1-3H3. The van der Waals surface area contributed by atoms with Crippen molar-refractivity contribution in [2.24, 2.45) is 0 Å². The second-order valence-corrected chi connectivity index (χ2v) is 9.31. The largest absolute Gasteiger partial charge is 0.494 e. The van der Waals surface area contributed by atoms with Crippen molar-refractivity contribution >= 4 is 5.97 Å². The van der Waals surface area contributed by atoms with Gasteiger partial charge in [-0.1, -0.05) is 42.5 Å². The molecule has 6 heteroatoms. The Balaban J connectivity index is 1.34. The van der Waals surface area contributed by atoms with E-state index in [2.05, 4.69) is 29.2 Å². The van der Waals surface area contributed by atoms with Gasteiger partial charge in [-0.25, -0.2) is 0 Å². The summed E-state index contributed by atoms with van der Waals surface area (Å²) in [6.07, 6.45) is 1.23. The molecule has 6 nitrogen and oxygen atoms in total. The van der Waals surface area contributed by atoms with Crippen molar-refractivity contribution in [3.8, 4) is 5.75 Å². The number of carbonyl (C=O) groups is 1. The lowest BCUT2D eigenvalue weighted by Gasteiger charge is -2.33. The van der Waals surface area contributed by atoms with Gasteiger partial charge >= 0.3 is 5.97 Å². The molecule has 1 fully saturated rings. The van der Waals surface area contributed by atoms with E-state index >= 15 is 0 Å². The van der Waals surface area contributed by atoms with Crippen LogP contribution in [0.25, 0.3) is 0 Å². The van der Waals surface area contributed by atoms with Crippen molar-refractivity contribution in [3.63, 3.8) is 0 Å². The number of ether oxygens (including phenoxy) is 4. The van der Waals surface area contributed by atoms with Crippen LogP contribution in [0.15, 0.2) is 54.6 Å². The second-order valence-electron chi connectivity index (χ2n) is 9.31. The highest BCUT2D eigenvalue weighted by Gasteiger charge is 2.23. The number of nitrogens with zero attached hydrogens (tertiary/aromatic N) is 1. The monoisotopic (exact) mass is 455 g/mol. The molecule has 1 atom stereocenters. The molecule has 0 aliphatic carbocycles. The predicted octanol–water partition coefficient (Wildman–Crippen LogP) is 4.78. The lowest BCUT2D eigenvalue weighted by Crippen LogP contribution is -2.39. The van der Waals surface area contributed by atoms with E-state index in [1.54, 1.807) is 0 Å². The van der Waals surface area contributed by atoms with Crippen LogP contribution in [0.5, 0.6) is 5.75 Å². The molecule has 0 aromatic heterocycles. The van der Waals surface area contributed by atoms with Gasteiger partial charge in [0.05, 0.1) is 39.0 Å². The first-order valence-corrected chi connectivity index (χ1v) is 11.8. The first-order valence-electron chi connectivity index (χ1n) is 11.8. The molecule has 1 aliphatic heterocycles. The fourth-order valence-corrected chi connectivity index (χ4v) is 3.64. The van der Waals surface area contributed by atoms with Gasteiger partial charge in [0.25, 0.3) is 0 Å². The quantitative estimate of drug-likeness (QED) is 0.359. The zero-order chi connectivity index (χ0) is 23.5. The van der Waals surface area contributed by atoms with E-state index < -0.39 is 5.60 Å². The summed E-state index contributed by atoms with van der Waals surface area (Å²) >= 11 is 0. The molecule has 0 bridgehead atoms. The number of benzene rings is 2.